The molecule has 0 saturated carbocycles. The number of hydrogen-bond acceptors (Lipinski definition) is 4. The van der Waals surface area contributed by atoms with Crippen LogP contribution in [0.3, 0.4) is 0 Å². The van der Waals surface area contributed by atoms with E-state index in [9.17, 15) is 0 Å². The van der Waals surface area contributed by atoms with Crippen LogP contribution in [-0.4, -0.2) is 27.1 Å². The molecule has 4 nitrogen and oxygen atoms in total. The topological polar surface area (TPSA) is 66.2 Å². The third-order valence-corrected chi connectivity index (χ3v) is 9.32. The molecule has 2 heterocycles. The Morgan fingerprint density at radius 2 is 1.04 bits per heavy atom. The molecule has 2 aromatic heterocycles. The third kappa shape index (κ3) is 12.1. The van der Waals surface area contributed by atoms with Gasteiger partial charge in [-0.15, -0.1) is 0 Å². The van der Waals surface area contributed by atoms with Gasteiger partial charge in [0.15, 0.2) is 0 Å². The summed E-state index contributed by atoms with van der Waals surface area (Å²) in [6, 6.07) is 25.8. The molecule has 0 aliphatic rings. The molecule has 278 valence electrons. The van der Waals surface area contributed by atoms with Crippen LogP contribution < -0.4 is 0 Å². The van der Waals surface area contributed by atoms with Crippen molar-refractivity contribution >= 4 is 51.9 Å². The van der Waals surface area contributed by atoms with Crippen molar-refractivity contribution in [2.75, 3.05) is 0 Å². The number of rotatable bonds is 8. The molecule has 4 aromatic carbocycles. The largest absolute Gasteiger partial charge is 0.451 e. The van der Waals surface area contributed by atoms with Crippen molar-refractivity contribution in [3.63, 3.8) is 0 Å². The molecule has 0 unspecified atom stereocenters. The highest BCUT2D eigenvalue weighted by Gasteiger charge is 2.14. The molecule has 6 aromatic rings. The first-order valence-electron chi connectivity index (χ1n) is 18.7. The van der Waals surface area contributed by atoms with Gasteiger partial charge in [0, 0.05) is 44.7 Å². The molecule has 6 rings (SSSR count). The Kier molecular flexibility index (Phi) is 15.1. The SMILES string of the molecule is CC(C)CB(O)O.Cc1cc(C)cc(-c2ncc(CC(C)C)c3cc(CC(C)C)ccc23)c1.Cc1cc(C)cc(-c2ncc(Cl)c3cc(Cl)ccc23)c1. The fourth-order valence-electron chi connectivity index (χ4n) is 6.83. The molecule has 0 saturated heterocycles. The normalized spacial score (nSPS) is 11.2. The average Bonchev–Trinajstić information content (AvgIpc) is 3.04. The zero-order valence-electron chi connectivity index (χ0n) is 33.1. The standard InChI is InChI=1S/C25H31N.C17H13Cl2N.C4H11BO2/c1-16(2)9-20-7-8-23-24(14-20)22(10-17(3)4)15-26-25(23)21-12-18(5)11-19(6)13-21;1-10-5-11(2)7-12(6-10)17-14-4-3-13(18)8-15(14)16(19)9-20-17;1-4(2)3-5(6)7/h7-8,11-17H,9-10H2,1-6H3;3-9H,1-2H3;4,6-7H,3H2,1-2H3. The summed E-state index contributed by atoms with van der Waals surface area (Å²) in [5.41, 5.74) is 12.2. The van der Waals surface area contributed by atoms with Crippen molar-refractivity contribution in [3.05, 3.63) is 129 Å². The van der Waals surface area contributed by atoms with E-state index >= 15 is 0 Å². The van der Waals surface area contributed by atoms with Crippen molar-refractivity contribution in [1.29, 1.82) is 0 Å². The highest BCUT2D eigenvalue weighted by molar-refractivity contribution is 6.41. The Bertz CT molecular complexity index is 2110. The molecule has 0 fully saturated rings. The Morgan fingerprint density at radius 3 is 1.51 bits per heavy atom. The highest BCUT2D eigenvalue weighted by atomic mass is 35.5. The fourth-order valence-corrected chi connectivity index (χ4v) is 7.21. The molecule has 0 aliphatic heterocycles. The monoisotopic (exact) mass is 748 g/mol. The van der Waals surface area contributed by atoms with Gasteiger partial charge >= 0.3 is 7.12 Å². The van der Waals surface area contributed by atoms with E-state index in [1.54, 1.807) is 6.20 Å². The first kappa shape index (κ1) is 42.0. The van der Waals surface area contributed by atoms with Gasteiger partial charge in [-0.05, 0) is 118 Å². The number of benzene rings is 4. The van der Waals surface area contributed by atoms with E-state index in [1.165, 1.54) is 49.7 Å². The molecule has 0 radical (unpaired) electrons. The summed E-state index contributed by atoms with van der Waals surface area (Å²) in [4.78, 5) is 9.42. The van der Waals surface area contributed by atoms with Crippen molar-refractivity contribution in [1.82, 2.24) is 9.97 Å². The van der Waals surface area contributed by atoms with Crippen LogP contribution in [0.4, 0.5) is 0 Å². The first-order chi connectivity index (χ1) is 25.0. The Morgan fingerprint density at radius 1 is 0.547 bits per heavy atom. The van der Waals surface area contributed by atoms with Crippen molar-refractivity contribution in [2.24, 2.45) is 17.8 Å². The summed E-state index contributed by atoms with van der Waals surface area (Å²) in [5, 5.41) is 22.5. The number of hydrogen-bond donors (Lipinski definition) is 2. The smallest absolute Gasteiger partial charge is 0.427 e. The molecule has 0 aliphatic carbocycles. The molecular formula is C46H55BCl2N2O2. The van der Waals surface area contributed by atoms with Crippen LogP contribution in [0.25, 0.3) is 44.1 Å². The lowest BCUT2D eigenvalue weighted by Crippen LogP contribution is -2.12. The lowest BCUT2D eigenvalue weighted by atomic mass is 9.80. The number of aromatic nitrogens is 2. The second-order valence-electron chi connectivity index (χ2n) is 15.7. The van der Waals surface area contributed by atoms with E-state index in [1.807, 2.05) is 32.0 Å². The van der Waals surface area contributed by atoms with Gasteiger partial charge in [0.25, 0.3) is 0 Å². The van der Waals surface area contributed by atoms with E-state index < -0.39 is 7.12 Å². The van der Waals surface area contributed by atoms with Crippen molar-refractivity contribution < 1.29 is 10.0 Å². The minimum Gasteiger partial charge on any atom is -0.427 e. The maximum Gasteiger partial charge on any atom is 0.451 e. The average molecular weight is 750 g/mol. The summed E-state index contributed by atoms with van der Waals surface area (Å²) in [7, 11) is -1.13. The number of aryl methyl sites for hydroxylation is 4. The van der Waals surface area contributed by atoms with Crippen molar-refractivity contribution in [2.45, 2.75) is 88.4 Å². The molecule has 7 heteroatoms. The van der Waals surface area contributed by atoms with Crippen LogP contribution in [0.2, 0.25) is 16.4 Å². The van der Waals surface area contributed by atoms with Crippen LogP contribution in [0.5, 0.6) is 0 Å². The zero-order chi connectivity index (χ0) is 39.0. The summed E-state index contributed by atoms with van der Waals surface area (Å²) in [5.74, 6) is 1.67. The van der Waals surface area contributed by atoms with Gasteiger partial charge in [-0.25, -0.2) is 0 Å². The van der Waals surface area contributed by atoms with Crippen LogP contribution >= 0.6 is 23.2 Å². The van der Waals surface area contributed by atoms with E-state index in [4.69, 9.17) is 38.2 Å². The molecule has 0 bridgehead atoms. The van der Waals surface area contributed by atoms with Crippen LogP contribution in [0, 0.1) is 45.4 Å². The molecule has 2 N–H and O–H groups in total. The molecule has 53 heavy (non-hydrogen) atoms. The van der Waals surface area contributed by atoms with Gasteiger partial charge in [-0.2, -0.15) is 0 Å². The van der Waals surface area contributed by atoms with Crippen LogP contribution in [-0.2, 0) is 12.8 Å². The van der Waals surface area contributed by atoms with Crippen LogP contribution in [0.15, 0.2) is 85.2 Å². The van der Waals surface area contributed by atoms with E-state index in [-0.39, 0.29) is 0 Å². The minimum atomic E-state index is -1.13. The molecule has 0 atom stereocenters. The molecule has 0 amide bonds. The van der Waals surface area contributed by atoms with Gasteiger partial charge in [0.05, 0.1) is 16.4 Å². The van der Waals surface area contributed by atoms with E-state index in [0.717, 1.165) is 40.6 Å². The molecular weight excluding hydrogens is 694 g/mol. The quantitative estimate of drug-likeness (QED) is 0.152. The number of halogens is 2. The van der Waals surface area contributed by atoms with Gasteiger partial charge in [-0.1, -0.05) is 123 Å². The first-order valence-corrected chi connectivity index (χ1v) is 19.4. The highest BCUT2D eigenvalue weighted by Crippen LogP contribution is 2.34. The summed E-state index contributed by atoms with van der Waals surface area (Å²) in [6.45, 7) is 21.5. The lowest BCUT2D eigenvalue weighted by molar-refractivity contribution is 0.394. The number of nitrogens with zero attached hydrogens (tertiary/aromatic N) is 2. The third-order valence-electron chi connectivity index (χ3n) is 8.78. The zero-order valence-corrected chi connectivity index (χ0v) is 34.6. The van der Waals surface area contributed by atoms with E-state index in [2.05, 4.69) is 121 Å². The van der Waals surface area contributed by atoms with Gasteiger partial charge in [0.1, 0.15) is 0 Å². The number of pyridine rings is 2. The van der Waals surface area contributed by atoms with Gasteiger partial charge < -0.3 is 10.0 Å². The predicted molar refractivity (Wildman–Crippen MR) is 230 cm³/mol. The summed E-state index contributed by atoms with van der Waals surface area (Å²) in [6.07, 6.45) is 6.46. The van der Waals surface area contributed by atoms with Gasteiger partial charge in [0.2, 0.25) is 0 Å². The lowest BCUT2D eigenvalue weighted by Gasteiger charge is -2.15. The van der Waals surface area contributed by atoms with E-state index in [0.29, 0.717) is 34.1 Å². The Balaban J connectivity index is 0.000000205. The summed E-state index contributed by atoms with van der Waals surface area (Å²) >= 11 is 12.3. The van der Waals surface area contributed by atoms with Gasteiger partial charge in [-0.3, -0.25) is 9.97 Å². The Hall–Kier alpha value is -3.74. The second-order valence-corrected chi connectivity index (χ2v) is 16.6. The minimum absolute atomic E-state index is 0.375. The fraction of sp³-hybridized carbons (Fsp3) is 0.348. The Labute approximate surface area is 327 Å². The van der Waals surface area contributed by atoms with Crippen molar-refractivity contribution in [3.8, 4) is 22.5 Å². The maximum atomic E-state index is 8.28. The maximum absolute atomic E-state index is 8.28. The van der Waals surface area contributed by atoms with Crippen LogP contribution in [0.1, 0.15) is 74.9 Å². The summed E-state index contributed by atoms with van der Waals surface area (Å²) < 4.78 is 0. The number of fused-ring (bicyclic) bond motifs is 2. The second kappa shape index (κ2) is 19.0. The molecule has 0 spiro atoms. The predicted octanol–water partition coefficient (Wildman–Crippen LogP) is 12.9.